The third kappa shape index (κ3) is 4.70. The second-order valence-electron chi connectivity index (χ2n) is 5.68. The van der Waals surface area contributed by atoms with Crippen LogP contribution in [-0.4, -0.2) is 48.0 Å². The Morgan fingerprint density at radius 3 is 2.81 bits per heavy atom. The Labute approximate surface area is 127 Å². The van der Waals surface area contributed by atoms with Crippen molar-refractivity contribution in [3.05, 3.63) is 24.0 Å². The van der Waals surface area contributed by atoms with E-state index >= 15 is 0 Å². The quantitative estimate of drug-likeness (QED) is 0.784. The molecule has 0 radical (unpaired) electrons. The molecule has 2 rings (SSSR count). The number of nitrogens with one attached hydrogen (secondary N) is 2. The van der Waals surface area contributed by atoms with Crippen molar-refractivity contribution < 1.29 is 4.79 Å². The normalized spacial score (nSPS) is 17.2. The summed E-state index contributed by atoms with van der Waals surface area (Å²) in [5.41, 5.74) is 2.19. The number of nitrogens with zero attached hydrogens (tertiary/aromatic N) is 2. The summed E-state index contributed by atoms with van der Waals surface area (Å²) in [5.74, 6) is 0.130. The first-order chi connectivity index (χ1) is 10.2. The van der Waals surface area contributed by atoms with Crippen LogP contribution < -0.4 is 10.6 Å². The van der Waals surface area contributed by atoms with Crippen molar-refractivity contribution >= 4 is 11.6 Å². The van der Waals surface area contributed by atoms with Crippen molar-refractivity contribution in [3.8, 4) is 0 Å². The number of likely N-dealkylation sites (tertiary alicyclic amines) is 1. The number of hydrogen-bond acceptors (Lipinski definition) is 4. The number of amides is 1. The maximum Gasteiger partial charge on any atom is 0.237 e. The topological polar surface area (TPSA) is 57.3 Å². The molecule has 1 atom stereocenters. The maximum absolute atomic E-state index is 12.1. The highest BCUT2D eigenvalue weighted by atomic mass is 16.2. The molecule has 1 amide bonds. The van der Waals surface area contributed by atoms with Crippen LogP contribution in [0.25, 0.3) is 0 Å². The summed E-state index contributed by atoms with van der Waals surface area (Å²) in [6.45, 7) is 7.47. The van der Waals surface area contributed by atoms with Gasteiger partial charge in [-0.3, -0.25) is 14.7 Å². The van der Waals surface area contributed by atoms with Gasteiger partial charge in [0, 0.05) is 31.2 Å². The van der Waals surface area contributed by atoms with Gasteiger partial charge in [0.2, 0.25) is 5.91 Å². The molecule has 2 N–H and O–H groups in total. The summed E-state index contributed by atoms with van der Waals surface area (Å²) in [5, 5.41) is 6.33. The monoisotopic (exact) mass is 290 g/mol. The van der Waals surface area contributed by atoms with Crippen LogP contribution in [0.3, 0.4) is 0 Å². The Balaban J connectivity index is 1.68. The van der Waals surface area contributed by atoms with Gasteiger partial charge in [0.25, 0.3) is 0 Å². The molecule has 21 heavy (non-hydrogen) atoms. The molecule has 116 valence electrons. The highest BCUT2D eigenvalue weighted by Crippen LogP contribution is 2.12. The molecule has 1 aliphatic rings. The van der Waals surface area contributed by atoms with Crippen molar-refractivity contribution in [1.29, 1.82) is 0 Å². The SMILES string of the molecule is Cc1cnccc1NCCNC(=O)[C@@H](C)N1CCCCC1. The number of rotatable bonds is 6. The van der Waals surface area contributed by atoms with E-state index in [0.29, 0.717) is 6.54 Å². The lowest BCUT2D eigenvalue weighted by Crippen LogP contribution is -2.47. The van der Waals surface area contributed by atoms with Gasteiger partial charge in [0.1, 0.15) is 0 Å². The van der Waals surface area contributed by atoms with Gasteiger partial charge >= 0.3 is 0 Å². The summed E-state index contributed by atoms with van der Waals surface area (Å²) in [4.78, 5) is 18.5. The minimum atomic E-state index is -0.0204. The Hall–Kier alpha value is -1.62. The first kappa shape index (κ1) is 15.8. The molecular formula is C16H26N4O. The highest BCUT2D eigenvalue weighted by Gasteiger charge is 2.22. The van der Waals surface area contributed by atoms with Crippen LogP contribution in [-0.2, 0) is 4.79 Å². The molecule has 1 aromatic heterocycles. The van der Waals surface area contributed by atoms with Crippen molar-refractivity contribution in [2.24, 2.45) is 0 Å². The molecule has 0 aromatic carbocycles. The van der Waals surface area contributed by atoms with Crippen LogP contribution in [0.5, 0.6) is 0 Å². The lowest BCUT2D eigenvalue weighted by molar-refractivity contribution is -0.126. The first-order valence-corrected chi connectivity index (χ1v) is 7.84. The highest BCUT2D eigenvalue weighted by molar-refractivity contribution is 5.81. The predicted molar refractivity (Wildman–Crippen MR) is 85.4 cm³/mol. The third-order valence-electron chi connectivity index (χ3n) is 4.08. The molecule has 1 fully saturated rings. The summed E-state index contributed by atoms with van der Waals surface area (Å²) in [7, 11) is 0. The summed E-state index contributed by atoms with van der Waals surface area (Å²) < 4.78 is 0. The molecule has 0 unspecified atom stereocenters. The van der Waals surface area contributed by atoms with E-state index < -0.39 is 0 Å². The van der Waals surface area contributed by atoms with Gasteiger partial charge in [-0.05, 0) is 51.4 Å². The van der Waals surface area contributed by atoms with Crippen LogP contribution >= 0.6 is 0 Å². The molecule has 0 saturated carbocycles. The Morgan fingerprint density at radius 1 is 1.33 bits per heavy atom. The zero-order valence-corrected chi connectivity index (χ0v) is 13.1. The smallest absolute Gasteiger partial charge is 0.237 e. The fraction of sp³-hybridized carbons (Fsp3) is 0.625. The lowest BCUT2D eigenvalue weighted by atomic mass is 10.1. The number of carbonyl (C=O) groups excluding carboxylic acids is 1. The number of anilines is 1. The second-order valence-corrected chi connectivity index (χ2v) is 5.68. The van der Waals surface area contributed by atoms with E-state index in [2.05, 4.69) is 20.5 Å². The summed E-state index contributed by atoms with van der Waals surface area (Å²) in [6, 6.07) is 1.93. The molecule has 0 bridgehead atoms. The zero-order chi connectivity index (χ0) is 15.1. The lowest BCUT2D eigenvalue weighted by Gasteiger charge is -2.31. The number of carbonyl (C=O) groups is 1. The Morgan fingerprint density at radius 2 is 2.10 bits per heavy atom. The number of aromatic nitrogens is 1. The molecule has 5 heteroatoms. The van der Waals surface area contributed by atoms with E-state index in [1.54, 1.807) is 6.20 Å². The fourth-order valence-corrected chi connectivity index (χ4v) is 2.67. The number of aryl methyl sites for hydroxylation is 1. The molecular weight excluding hydrogens is 264 g/mol. The van der Waals surface area contributed by atoms with Crippen LogP contribution in [0, 0.1) is 6.92 Å². The molecule has 1 aliphatic heterocycles. The van der Waals surface area contributed by atoms with Crippen LogP contribution in [0.4, 0.5) is 5.69 Å². The molecule has 1 saturated heterocycles. The van der Waals surface area contributed by atoms with Crippen LogP contribution in [0.15, 0.2) is 18.5 Å². The molecule has 0 aliphatic carbocycles. The van der Waals surface area contributed by atoms with Gasteiger partial charge < -0.3 is 10.6 Å². The summed E-state index contributed by atoms with van der Waals surface area (Å²) in [6.07, 6.45) is 7.31. The van der Waals surface area contributed by atoms with Crippen molar-refractivity contribution in [2.45, 2.75) is 39.2 Å². The van der Waals surface area contributed by atoms with E-state index in [1.807, 2.05) is 26.1 Å². The average molecular weight is 290 g/mol. The van der Waals surface area contributed by atoms with Gasteiger partial charge in [-0.15, -0.1) is 0 Å². The molecule has 5 nitrogen and oxygen atoms in total. The minimum Gasteiger partial charge on any atom is -0.383 e. The summed E-state index contributed by atoms with van der Waals surface area (Å²) >= 11 is 0. The number of pyridine rings is 1. The van der Waals surface area contributed by atoms with E-state index in [0.717, 1.165) is 30.9 Å². The number of hydrogen-bond donors (Lipinski definition) is 2. The van der Waals surface area contributed by atoms with E-state index in [-0.39, 0.29) is 11.9 Å². The Bertz CT molecular complexity index is 457. The maximum atomic E-state index is 12.1. The zero-order valence-electron chi connectivity index (χ0n) is 13.1. The predicted octanol–water partition coefficient (Wildman–Crippen LogP) is 1.79. The van der Waals surface area contributed by atoms with Gasteiger partial charge in [-0.2, -0.15) is 0 Å². The van der Waals surface area contributed by atoms with Crippen molar-refractivity contribution in [1.82, 2.24) is 15.2 Å². The molecule has 2 heterocycles. The largest absolute Gasteiger partial charge is 0.383 e. The van der Waals surface area contributed by atoms with Gasteiger partial charge in [-0.25, -0.2) is 0 Å². The van der Waals surface area contributed by atoms with E-state index in [4.69, 9.17) is 0 Å². The fourth-order valence-electron chi connectivity index (χ4n) is 2.67. The average Bonchev–Trinajstić information content (AvgIpc) is 2.53. The van der Waals surface area contributed by atoms with Crippen LogP contribution in [0.1, 0.15) is 31.7 Å². The molecule has 1 aromatic rings. The number of piperidine rings is 1. The standard InChI is InChI=1S/C16H26N4O/c1-13-12-17-7-6-15(13)18-8-9-19-16(21)14(2)20-10-4-3-5-11-20/h6-7,12,14H,3-5,8-11H2,1-2H3,(H,17,18)(H,19,21)/t14-/m1/s1. The van der Waals surface area contributed by atoms with Crippen molar-refractivity contribution in [2.75, 3.05) is 31.5 Å². The Kier molecular flexibility index (Phi) is 5.99. The second kappa shape index (κ2) is 7.98. The van der Waals surface area contributed by atoms with E-state index in [1.165, 1.54) is 19.3 Å². The van der Waals surface area contributed by atoms with E-state index in [9.17, 15) is 4.79 Å². The third-order valence-corrected chi connectivity index (χ3v) is 4.08. The minimum absolute atomic E-state index is 0.0204. The molecule has 0 spiro atoms. The van der Waals surface area contributed by atoms with Crippen LogP contribution in [0.2, 0.25) is 0 Å². The first-order valence-electron chi connectivity index (χ1n) is 7.84. The van der Waals surface area contributed by atoms with Gasteiger partial charge in [0.05, 0.1) is 6.04 Å². The van der Waals surface area contributed by atoms with Crippen molar-refractivity contribution in [3.63, 3.8) is 0 Å². The van der Waals surface area contributed by atoms with Gasteiger partial charge in [0.15, 0.2) is 0 Å². The van der Waals surface area contributed by atoms with Gasteiger partial charge in [-0.1, -0.05) is 6.42 Å².